The van der Waals surface area contributed by atoms with Crippen LogP contribution in [0.15, 0.2) is 48.7 Å². The van der Waals surface area contributed by atoms with Crippen molar-refractivity contribution in [2.75, 3.05) is 19.0 Å². The molecule has 2 amide bonds. The molecule has 178 valence electrons. The van der Waals surface area contributed by atoms with Gasteiger partial charge in [0.25, 0.3) is 0 Å². The van der Waals surface area contributed by atoms with Crippen molar-refractivity contribution < 1.29 is 14.3 Å². The summed E-state index contributed by atoms with van der Waals surface area (Å²) in [4.78, 5) is 38.3. The molecular formula is C26H30N4O3S. The molecule has 7 nitrogen and oxygen atoms in total. The molecule has 8 heteroatoms. The fraction of sp³-hybridized carbons (Fsp3) is 0.385. The van der Waals surface area contributed by atoms with E-state index in [0.717, 1.165) is 34.7 Å². The lowest BCUT2D eigenvalue weighted by atomic mass is 9.83. The van der Waals surface area contributed by atoms with Gasteiger partial charge in [0, 0.05) is 24.7 Å². The van der Waals surface area contributed by atoms with Gasteiger partial charge in [-0.15, -0.1) is 0 Å². The number of carbonyl (C=O) groups is 2. The predicted octanol–water partition coefficient (Wildman–Crippen LogP) is 5.24. The molecule has 2 atom stereocenters. The van der Waals surface area contributed by atoms with Crippen LogP contribution in [0.5, 0.6) is 5.75 Å². The van der Waals surface area contributed by atoms with Gasteiger partial charge in [0.2, 0.25) is 11.8 Å². The van der Waals surface area contributed by atoms with Gasteiger partial charge >= 0.3 is 0 Å². The zero-order valence-corrected chi connectivity index (χ0v) is 20.6. The number of hydrogen-bond acceptors (Lipinski definition) is 6. The van der Waals surface area contributed by atoms with Crippen LogP contribution < -0.4 is 10.1 Å². The number of hydrogen-bond donors (Lipinski definition) is 1. The van der Waals surface area contributed by atoms with Crippen molar-refractivity contribution in [1.29, 1.82) is 0 Å². The summed E-state index contributed by atoms with van der Waals surface area (Å²) in [6, 6.07) is 13.0. The molecule has 2 unspecified atom stereocenters. The number of piperidine rings is 1. The second kappa shape index (κ2) is 10.8. The maximum atomic E-state index is 13.6. The van der Waals surface area contributed by atoms with E-state index in [1.165, 1.54) is 11.3 Å². The van der Waals surface area contributed by atoms with E-state index in [2.05, 4.69) is 22.2 Å². The number of amides is 2. The standard InChI is InChI=1S/C26H30N4O3S/c1-4-5-16-30-22(31)14-13-19(23(30)18-10-6-7-12-21(18)33-3)25(32)29-26-28-17(2)24(34-26)20-11-8-9-15-27-20/h6-12,15,19,23H,4-5,13-14,16H2,1-3H3,(H,28,29,32). The Bertz CT molecular complexity index is 1150. The Labute approximate surface area is 204 Å². The zero-order chi connectivity index (χ0) is 24.1. The van der Waals surface area contributed by atoms with E-state index >= 15 is 0 Å². The quantitative estimate of drug-likeness (QED) is 0.479. The maximum absolute atomic E-state index is 13.6. The van der Waals surface area contributed by atoms with Crippen molar-refractivity contribution in [3.05, 3.63) is 59.9 Å². The number of rotatable bonds is 8. The van der Waals surface area contributed by atoms with Gasteiger partial charge in [0.1, 0.15) is 5.75 Å². The second-order valence-corrected chi connectivity index (χ2v) is 9.41. The molecule has 1 N–H and O–H groups in total. The van der Waals surface area contributed by atoms with Gasteiger partial charge in [-0.3, -0.25) is 14.6 Å². The number of unbranched alkanes of at least 4 members (excludes halogenated alkanes) is 1. The first kappa shape index (κ1) is 23.9. The Kier molecular flexibility index (Phi) is 7.57. The Morgan fingerprint density at radius 3 is 2.76 bits per heavy atom. The molecule has 1 aliphatic heterocycles. The normalized spacial score (nSPS) is 18.1. The summed E-state index contributed by atoms with van der Waals surface area (Å²) in [5, 5.41) is 3.57. The van der Waals surface area contributed by atoms with Crippen LogP contribution in [-0.4, -0.2) is 40.3 Å². The highest BCUT2D eigenvalue weighted by Crippen LogP contribution is 2.41. The monoisotopic (exact) mass is 478 g/mol. The Balaban J connectivity index is 1.64. The molecule has 1 fully saturated rings. The van der Waals surface area contributed by atoms with Crippen molar-refractivity contribution in [3.8, 4) is 16.3 Å². The molecule has 34 heavy (non-hydrogen) atoms. The van der Waals surface area contributed by atoms with Gasteiger partial charge < -0.3 is 15.0 Å². The van der Waals surface area contributed by atoms with Crippen LogP contribution in [0, 0.1) is 12.8 Å². The average Bonchev–Trinajstić information content (AvgIpc) is 3.23. The van der Waals surface area contributed by atoms with E-state index in [-0.39, 0.29) is 17.9 Å². The van der Waals surface area contributed by atoms with E-state index in [0.29, 0.717) is 30.3 Å². The fourth-order valence-electron chi connectivity index (χ4n) is 4.50. The van der Waals surface area contributed by atoms with Crippen molar-refractivity contribution in [2.24, 2.45) is 5.92 Å². The van der Waals surface area contributed by atoms with E-state index in [9.17, 15) is 9.59 Å². The number of methoxy groups -OCH3 is 1. The number of nitrogens with one attached hydrogen (secondary N) is 1. The highest BCUT2D eigenvalue weighted by atomic mass is 32.1. The first-order valence-corrected chi connectivity index (χ1v) is 12.5. The zero-order valence-electron chi connectivity index (χ0n) is 19.8. The highest BCUT2D eigenvalue weighted by Gasteiger charge is 2.41. The predicted molar refractivity (Wildman–Crippen MR) is 134 cm³/mol. The lowest BCUT2D eigenvalue weighted by Crippen LogP contribution is -2.47. The molecule has 0 saturated carbocycles. The van der Waals surface area contributed by atoms with Crippen LogP contribution in [0.3, 0.4) is 0 Å². The van der Waals surface area contributed by atoms with E-state index in [1.807, 2.05) is 54.3 Å². The molecule has 0 spiro atoms. The third-order valence-electron chi connectivity index (χ3n) is 6.18. The fourth-order valence-corrected chi connectivity index (χ4v) is 5.44. The van der Waals surface area contributed by atoms with Crippen LogP contribution in [0.2, 0.25) is 0 Å². The van der Waals surface area contributed by atoms with Gasteiger partial charge in [-0.25, -0.2) is 4.98 Å². The van der Waals surface area contributed by atoms with E-state index in [1.54, 1.807) is 13.3 Å². The number of likely N-dealkylation sites (tertiary alicyclic amines) is 1. The molecule has 0 bridgehead atoms. The summed E-state index contributed by atoms with van der Waals surface area (Å²) in [7, 11) is 1.62. The molecule has 2 aromatic heterocycles. The Morgan fingerprint density at radius 2 is 2.03 bits per heavy atom. The first-order chi connectivity index (χ1) is 16.5. The molecule has 0 radical (unpaired) electrons. The number of para-hydroxylation sites is 1. The Morgan fingerprint density at radius 1 is 1.24 bits per heavy atom. The molecule has 3 heterocycles. The summed E-state index contributed by atoms with van der Waals surface area (Å²) in [5.74, 6) is 0.222. The summed E-state index contributed by atoms with van der Waals surface area (Å²) >= 11 is 1.41. The molecule has 1 saturated heterocycles. The second-order valence-electron chi connectivity index (χ2n) is 8.41. The van der Waals surface area contributed by atoms with Gasteiger partial charge in [0.05, 0.1) is 35.3 Å². The lowest BCUT2D eigenvalue weighted by molar-refractivity contribution is -0.142. The largest absolute Gasteiger partial charge is 0.496 e. The van der Waals surface area contributed by atoms with Crippen molar-refractivity contribution >= 4 is 28.3 Å². The van der Waals surface area contributed by atoms with Crippen LogP contribution in [0.4, 0.5) is 5.13 Å². The van der Waals surface area contributed by atoms with Gasteiger partial charge in [-0.1, -0.05) is 48.9 Å². The summed E-state index contributed by atoms with van der Waals surface area (Å²) in [6.45, 7) is 4.63. The van der Waals surface area contributed by atoms with E-state index < -0.39 is 5.92 Å². The number of benzene rings is 1. The third-order valence-corrected chi connectivity index (χ3v) is 7.27. The summed E-state index contributed by atoms with van der Waals surface area (Å²) in [5.41, 5.74) is 2.52. The summed E-state index contributed by atoms with van der Waals surface area (Å²) in [6.07, 6.45) is 4.42. The smallest absolute Gasteiger partial charge is 0.231 e. The van der Waals surface area contributed by atoms with Gasteiger partial charge in [0.15, 0.2) is 5.13 Å². The molecule has 1 aromatic carbocycles. The highest BCUT2D eigenvalue weighted by molar-refractivity contribution is 7.19. The number of carbonyl (C=O) groups excluding carboxylic acids is 2. The molecule has 1 aliphatic rings. The van der Waals surface area contributed by atoms with Gasteiger partial charge in [-0.05, 0) is 38.0 Å². The minimum Gasteiger partial charge on any atom is -0.496 e. The average molecular weight is 479 g/mol. The molecular weight excluding hydrogens is 448 g/mol. The topological polar surface area (TPSA) is 84.4 Å². The number of aromatic nitrogens is 2. The first-order valence-electron chi connectivity index (χ1n) is 11.7. The third kappa shape index (κ3) is 4.97. The number of pyridine rings is 1. The molecule has 0 aliphatic carbocycles. The van der Waals surface area contributed by atoms with Crippen LogP contribution in [0.25, 0.3) is 10.6 Å². The van der Waals surface area contributed by atoms with Crippen molar-refractivity contribution in [1.82, 2.24) is 14.9 Å². The summed E-state index contributed by atoms with van der Waals surface area (Å²) < 4.78 is 5.61. The number of aryl methyl sites for hydroxylation is 1. The molecule has 4 rings (SSSR count). The van der Waals surface area contributed by atoms with Crippen molar-refractivity contribution in [3.63, 3.8) is 0 Å². The van der Waals surface area contributed by atoms with Crippen LogP contribution in [-0.2, 0) is 9.59 Å². The van der Waals surface area contributed by atoms with Gasteiger partial charge in [-0.2, -0.15) is 0 Å². The maximum Gasteiger partial charge on any atom is 0.231 e. The van der Waals surface area contributed by atoms with Crippen LogP contribution >= 0.6 is 11.3 Å². The number of thiazole rings is 1. The lowest BCUT2D eigenvalue weighted by Gasteiger charge is -2.41. The number of anilines is 1. The van der Waals surface area contributed by atoms with E-state index in [4.69, 9.17) is 4.74 Å². The minimum absolute atomic E-state index is 0.0796. The SMILES string of the molecule is CCCCN1C(=O)CCC(C(=O)Nc2nc(C)c(-c3ccccn3)s2)C1c1ccccc1OC. The van der Waals surface area contributed by atoms with Crippen molar-refractivity contribution in [2.45, 2.75) is 45.6 Å². The number of ether oxygens (including phenoxy) is 1. The van der Waals surface area contributed by atoms with Crippen LogP contribution in [0.1, 0.15) is 49.9 Å². The Hall–Kier alpha value is -3.26. The minimum atomic E-state index is -0.409. The molecule has 3 aromatic rings. The number of nitrogens with zero attached hydrogens (tertiary/aromatic N) is 3.